The fraction of sp³-hybridized carbons (Fsp3) is 0.391. The van der Waals surface area contributed by atoms with E-state index in [2.05, 4.69) is 36.1 Å². The third kappa shape index (κ3) is 3.57. The molecule has 0 unspecified atom stereocenters. The van der Waals surface area contributed by atoms with Crippen molar-refractivity contribution < 1.29 is 4.79 Å². The average Bonchev–Trinajstić information content (AvgIpc) is 2.73. The van der Waals surface area contributed by atoms with Crippen LogP contribution in [0.25, 0.3) is 11.0 Å². The molecule has 0 aliphatic carbocycles. The fourth-order valence-corrected chi connectivity index (χ4v) is 4.76. The van der Waals surface area contributed by atoms with Gasteiger partial charge in [0, 0.05) is 45.2 Å². The summed E-state index contributed by atoms with van der Waals surface area (Å²) in [5, 5.41) is 2.59. The number of hydrogen-bond donors (Lipinski definition) is 2. The zero-order valence-electron chi connectivity index (χ0n) is 17.8. The molecule has 2 N–H and O–H groups in total. The van der Waals surface area contributed by atoms with Crippen LogP contribution in [0, 0.1) is 5.41 Å². The molecule has 160 valence electrons. The third-order valence-corrected chi connectivity index (χ3v) is 6.31. The summed E-state index contributed by atoms with van der Waals surface area (Å²) in [6.07, 6.45) is 2.41. The number of nitrogens with one attached hydrogen (secondary N) is 2. The Morgan fingerprint density at radius 1 is 1.19 bits per heavy atom. The van der Waals surface area contributed by atoms with E-state index in [1.807, 2.05) is 25.1 Å². The first kappa shape index (κ1) is 19.7. The maximum Gasteiger partial charge on any atom is 0.270 e. The fourth-order valence-electron chi connectivity index (χ4n) is 4.76. The van der Waals surface area contributed by atoms with Crippen molar-refractivity contribution in [2.75, 3.05) is 38.1 Å². The summed E-state index contributed by atoms with van der Waals surface area (Å²) in [4.78, 5) is 40.1. The van der Waals surface area contributed by atoms with Gasteiger partial charge in [-0.3, -0.25) is 14.5 Å². The summed E-state index contributed by atoms with van der Waals surface area (Å²) < 4.78 is 0. The molecule has 8 heteroatoms. The number of likely N-dealkylation sites (tertiary alicyclic amines) is 1. The van der Waals surface area contributed by atoms with Crippen LogP contribution in [0.3, 0.4) is 0 Å². The lowest BCUT2D eigenvalue weighted by Crippen LogP contribution is -2.71. The molecule has 2 aliphatic heterocycles. The van der Waals surface area contributed by atoms with Gasteiger partial charge in [0.25, 0.3) is 11.5 Å². The molecule has 0 atom stereocenters. The molecule has 8 nitrogen and oxygen atoms in total. The van der Waals surface area contributed by atoms with E-state index in [-0.39, 0.29) is 11.5 Å². The van der Waals surface area contributed by atoms with Crippen molar-refractivity contribution in [2.24, 2.45) is 5.41 Å². The number of rotatable bonds is 5. The van der Waals surface area contributed by atoms with Gasteiger partial charge < -0.3 is 15.2 Å². The molecule has 3 aromatic rings. The van der Waals surface area contributed by atoms with Crippen molar-refractivity contribution in [2.45, 2.75) is 19.9 Å². The molecule has 2 saturated heterocycles. The molecule has 2 fully saturated rings. The van der Waals surface area contributed by atoms with E-state index in [0.717, 1.165) is 49.4 Å². The summed E-state index contributed by atoms with van der Waals surface area (Å²) >= 11 is 0. The van der Waals surface area contributed by atoms with Crippen LogP contribution in [0.5, 0.6) is 0 Å². The highest BCUT2D eigenvalue weighted by Crippen LogP contribution is 2.42. The number of aromatic amines is 1. The Labute approximate surface area is 180 Å². The lowest BCUT2D eigenvalue weighted by molar-refractivity contribution is -0.0273. The number of amides is 1. The first-order valence-electron chi connectivity index (χ1n) is 10.7. The second kappa shape index (κ2) is 7.46. The minimum absolute atomic E-state index is 0.0949. The highest BCUT2D eigenvalue weighted by Gasteiger charge is 2.51. The number of aromatic nitrogens is 3. The number of carbonyl (C=O) groups excluding carboxylic acids is 1. The zero-order chi connectivity index (χ0) is 21.6. The van der Waals surface area contributed by atoms with Gasteiger partial charge in [0.15, 0.2) is 0 Å². The Balaban J connectivity index is 1.17. The van der Waals surface area contributed by atoms with Crippen LogP contribution in [0.1, 0.15) is 28.7 Å². The number of hydrogen-bond acceptors (Lipinski definition) is 6. The monoisotopic (exact) mass is 418 g/mol. The van der Waals surface area contributed by atoms with Crippen molar-refractivity contribution in [1.82, 2.24) is 25.2 Å². The number of pyridine rings is 1. The topological polar surface area (TPSA) is 94.2 Å². The maximum atomic E-state index is 12.1. The zero-order valence-corrected chi connectivity index (χ0v) is 17.8. The molecule has 1 amide bonds. The second-order valence-corrected chi connectivity index (χ2v) is 8.70. The molecule has 0 radical (unpaired) electrons. The maximum absolute atomic E-state index is 12.1. The van der Waals surface area contributed by atoms with E-state index >= 15 is 0 Å². The SMILES string of the molecule is CCc1nc2ccc(CN3CC4(C3)CN(c3ccc(C(=O)NC)nc3)C4)cc2[nH]c1=O. The first-order valence-corrected chi connectivity index (χ1v) is 10.7. The lowest BCUT2D eigenvalue weighted by Gasteiger charge is -2.61. The van der Waals surface area contributed by atoms with Crippen LogP contribution < -0.4 is 15.8 Å². The van der Waals surface area contributed by atoms with E-state index < -0.39 is 0 Å². The third-order valence-electron chi connectivity index (χ3n) is 6.31. The van der Waals surface area contributed by atoms with Crippen molar-refractivity contribution in [3.05, 3.63) is 63.8 Å². The number of aryl methyl sites for hydroxylation is 1. The molecule has 0 bridgehead atoms. The molecule has 2 aliphatic rings. The second-order valence-electron chi connectivity index (χ2n) is 8.70. The van der Waals surface area contributed by atoms with Crippen LogP contribution >= 0.6 is 0 Å². The molecular weight excluding hydrogens is 392 g/mol. The summed E-state index contributed by atoms with van der Waals surface area (Å²) in [6.45, 7) is 6.97. The van der Waals surface area contributed by atoms with Gasteiger partial charge in [-0.2, -0.15) is 0 Å². The number of fused-ring (bicyclic) bond motifs is 1. The van der Waals surface area contributed by atoms with Crippen LogP contribution in [-0.4, -0.2) is 59.0 Å². The number of nitrogens with zero attached hydrogens (tertiary/aromatic N) is 4. The first-order chi connectivity index (χ1) is 15.0. The molecule has 1 spiro atoms. The summed E-state index contributed by atoms with van der Waals surface area (Å²) in [5.41, 5.74) is 5.17. The number of benzene rings is 1. The Morgan fingerprint density at radius 3 is 2.68 bits per heavy atom. The minimum Gasteiger partial charge on any atom is -0.369 e. The normalized spacial score (nSPS) is 17.4. The van der Waals surface area contributed by atoms with E-state index in [4.69, 9.17) is 0 Å². The van der Waals surface area contributed by atoms with E-state index in [1.165, 1.54) is 5.56 Å². The van der Waals surface area contributed by atoms with Crippen molar-refractivity contribution in [3.63, 3.8) is 0 Å². The smallest absolute Gasteiger partial charge is 0.270 e. The summed E-state index contributed by atoms with van der Waals surface area (Å²) in [5.74, 6) is -0.166. The number of H-pyrrole nitrogens is 1. The largest absolute Gasteiger partial charge is 0.369 e. The predicted molar refractivity (Wildman–Crippen MR) is 119 cm³/mol. The molecule has 2 aromatic heterocycles. The molecular formula is C23H26N6O2. The molecule has 4 heterocycles. The van der Waals surface area contributed by atoms with Gasteiger partial charge in [0.2, 0.25) is 0 Å². The average molecular weight is 419 g/mol. The Hall–Kier alpha value is -3.26. The summed E-state index contributed by atoms with van der Waals surface area (Å²) in [6, 6.07) is 9.88. The molecule has 1 aromatic carbocycles. The van der Waals surface area contributed by atoms with Gasteiger partial charge in [0.05, 0.1) is 22.9 Å². The lowest BCUT2D eigenvalue weighted by atomic mass is 9.72. The van der Waals surface area contributed by atoms with E-state index in [9.17, 15) is 9.59 Å². The van der Waals surface area contributed by atoms with Gasteiger partial charge in [0.1, 0.15) is 11.4 Å². The molecule has 31 heavy (non-hydrogen) atoms. The number of anilines is 1. The van der Waals surface area contributed by atoms with Gasteiger partial charge in [-0.1, -0.05) is 13.0 Å². The standard InChI is InChI=1S/C23H26N6O2/c1-3-17-22(31)27-20-8-15(4-6-18(20)26-17)10-28-11-23(12-28)13-29(14-23)16-5-7-19(25-9-16)21(30)24-2/h4-9H,3,10-14H2,1-2H3,(H,24,30)(H,27,31). The van der Waals surface area contributed by atoms with Gasteiger partial charge in [-0.05, 0) is 36.2 Å². The number of carbonyl (C=O) groups is 1. The predicted octanol–water partition coefficient (Wildman–Crippen LogP) is 1.56. The molecule has 0 saturated carbocycles. The molecule has 5 rings (SSSR count). The van der Waals surface area contributed by atoms with E-state index in [0.29, 0.717) is 23.2 Å². The van der Waals surface area contributed by atoms with Crippen molar-refractivity contribution in [1.29, 1.82) is 0 Å². The highest BCUT2D eigenvalue weighted by molar-refractivity contribution is 5.92. The van der Waals surface area contributed by atoms with Crippen molar-refractivity contribution in [3.8, 4) is 0 Å². The minimum atomic E-state index is -0.166. The van der Waals surface area contributed by atoms with Crippen LogP contribution in [0.2, 0.25) is 0 Å². The Kier molecular flexibility index (Phi) is 4.74. The van der Waals surface area contributed by atoms with Gasteiger partial charge in [-0.25, -0.2) is 9.97 Å². The van der Waals surface area contributed by atoms with Gasteiger partial charge >= 0.3 is 0 Å². The van der Waals surface area contributed by atoms with Crippen LogP contribution in [0.4, 0.5) is 5.69 Å². The van der Waals surface area contributed by atoms with Crippen molar-refractivity contribution >= 4 is 22.6 Å². The van der Waals surface area contributed by atoms with Crippen LogP contribution in [0.15, 0.2) is 41.3 Å². The highest BCUT2D eigenvalue weighted by atomic mass is 16.1. The van der Waals surface area contributed by atoms with Crippen LogP contribution in [-0.2, 0) is 13.0 Å². The Bertz CT molecular complexity index is 1190. The van der Waals surface area contributed by atoms with Gasteiger partial charge in [-0.15, -0.1) is 0 Å². The summed E-state index contributed by atoms with van der Waals surface area (Å²) in [7, 11) is 1.61. The van der Waals surface area contributed by atoms with E-state index in [1.54, 1.807) is 19.3 Å². The Morgan fingerprint density at radius 2 is 2.00 bits per heavy atom. The quantitative estimate of drug-likeness (QED) is 0.653.